The molecule has 170 valence electrons. The molecule has 0 spiro atoms. The molecule has 0 aromatic heterocycles. The van der Waals surface area contributed by atoms with Crippen molar-refractivity contribution in [2.45, 2.75) is 57.3 Å². The van der Waals surface area contributed by atoms with Gasteiger partial charge < -0.3 is 0 Å². The summed E-state index contributed by atoms with van der Waals surface area (Å²) in [5.74, 6) is 0.666. The average Bonchev–Trinajstić information content (AvgIpc) is 3.25. The van der Waals surface area contributed by atoms with Crippen LogP contribution in [0.25, 0.3) is 5.57 Å². The first kappa shape index (κ1) is 27.6. The van der Waals surface area contributed by atoms with Gasteiger partial charge in [0.25, 0.3) is 0 Å². The zero-order valence-corrected chi connectivity index (χ0v) is 25.2. The van der Waals surface area contributed by atoms with Crippen molar-refractivity contribution in [2.75, 3.05) is 0 Å². The molecular formula is C28H36Cl2SiZr. The zero-order valence-electron chi connectivity index (χ0n) is 20.2. The minimum Gasteiger partial charge on any atom is -0.147 e. The Morgan fingerprint density at radius 1 is 0.812 bits per heavy atom. The molecule has 4 heteroatoms. The summed E-state index contributed by atoms with van der Waals surface area (Å²) in [5.41, 5.74) is 10.5. The molecular weight excluding hydrogens is 527 g/mol. The number of benzene rings is 2. The van der Waals surface area contributed by atoms with Crippen LogP contribution in [0.1, 0.15) is 61.9 Å². The van der Waals surface area contributed by atoms with Crippen molar-refractivity contribution in [3.8, 4) is 0 Å². The van der Waals surface area contributed by atoms with Gasteiger partial charge in [-0.1, -0.05) is 0 Å². The first-order valence-corrected chi connectivity index (χ1v) is 19.7. The van der Waals surface area contributed by atoms with Crippen LogP contribution in [0.5, 0.6) is 0 Å². The molecule has 2 unspecified atom stereocenters. The molecule has 0 aliphatic heterocycles. The van der Waals surface area contributed by atoms with Crippen molar-refractivity contribution < 1.29 is 20.4 Å². The van der Waals surface area contributed by atoms with Gasteiger partial charge in [-0.3, -0.25) is 0 Å². The molecule has 0 fully saturated rings. The summed E-state index contributed by atoms with van der Waals surface area (Å²) in [6.45, 7) is 14.6. The van der Waals surface area contributed by atoms with Gasteiger partial charge in [0.1, 0.15) is 0 Å². The van der Waals surface area contributed by atoms with Gasteiger partial charge in [0, 0.05) is 0 Å². The molecule has 0 bridgehead atoms. The normalized spacial score (nSPS) is 19.2. The summed E-state index contributed by atoms with van der Waals surface area (Å²) >= 11 is -1.95. The van der Waals surface area contributed by atoms with Gasteiger partial charge in [-0.15, -0.1) is 24.8 Å². The third-order valence-electron chi connectivity index (χ3n) is 7.48. The Balaban J connectivity index is 0.00000181. The van der Waals surface area contributed by atoms with Crippen LogP contribution in [-0.4, -0.2) is 5.43 Å². The van der Waals surface area contributed by atoms with Gasteiger partial charge in [0.05, 0.1) is 0 Å². The number of hydrogen-bond acceptors (Lipinski definition) is 0. The molecule has 0 saturated carbocycles. The van der Waals surface area contributed by atoms with Gasteiger partial charge >= 0.3 is 192 Å². The Kier molecular flexibility index (Phi) is 10.0. The summed E-state index contributed by atoms with van der Waals surface area (Å²) in [6, 6.07) is 23.2. The van der Waals surface area contributed by atoms with Crippen LogP contribution in [0, 0.1) is 5.92 Å². The fraction of sp³-hybridized carbons (Fsp3) is 0.357. The van der Waals surface area contributed by atoms with E-state index in [-0.39, 0.29) is 30.2 Å². The van der Waals surface area contributed by atoms with E-state index >= 15 is 0 Å². The van der Waals surface area contributed by atoms with Gasteiger partial charge in [-0.25, -0.2) is 0 Å². The van der Waals surface area contributed by atoms with Gasteiger partial charge in [-0.05, 0) is 0 Å². The molecule has 0 nitrogen and oxygen atoms in total. The van der Waals surface area contributed by atoms with E-state index in [1.165, 1.54) is 28.8 Å². The van der Waals surface area contributed by atoms with E-state index in [4.69, 9.17) is 0 Å². The number of halogens is 2. The maximum absolute atomic E-state index is 2.71. The average molecular weight is 563 g/mol. The summed E-state index contributed by atoms with van der Waals surface area (Å²) in [4.78, 5) is 0. The topological polar surface area (TPSA) is 0 Å². The number of allylic oxidation sites excluding steroid dienone is 5. The predicted octanol–water partition coefficient (Wildman–Crippen LogP) is 8.93. The van der Waals surface area contributed by atoms with E-state index in [2.05, 4.69) is 102 Å². The number of hydrogen-bond donors (Lipinski definition) is 0. The van der Waals surface area contributed by atoms with Crippen LogP contribution in [0.15, 0.2) is 80.7 Å². The van der Waals surface area contributed by atoms with E-state index in [1.54, 1.807) is 22.3 Å². The molecule has 0 radical (unpaired) electrons. The third kappa shape index (κ3) is 4.76. The zero-order chi connectivity index (χ0) is 21.4. The molecule has 2 atom stereocenters. The largest absolute Gasteiger partial charge is 0.147 e. The summed E-state index contributed by atoms with van der Waals surface area (Å²) in [7, 11) is 0. The van der Waals surface area contributed by atoms with E-state index in [9.17, 15) is 0 Å². The monoisotopic (exact) mass is 560 g/mol. The first-order valence-electron chi connectivity index (χ1n) is 11.5. The minimum atomic E-state index is -1.95. The second-order valence-electron chi connectivity index (χ2n) is 8.80. The van der Waals surface area contributed by atoms with Crippen molar-refractivity contribution >= 4 is 35.8 Å². The SMILES string of the molecule is CC[Si](CC)=[Zr]([C]1=C(C)C(C)=C(C)C1C)[CH]1C=C(c2ccccc2)c2ccccc21.Cl.Cl. The Morgan fingerprint density at radius 3 is 1.97 bits per heavy atom. The van der Waals surface area contributed by atoms with Crippen LogP contribution < -0.4 is 0 Å². The Morgan fingerprint density at radius 2 is 1.41 bits per heavy atom. The molecule has 2 aliphatic carbocycles. The maximum Gasteiger partial charge on any atom is -0.147 e. The molecule has 0 N–H and O–H groups in total. The van der Waals surface area contributed by atoms with Crippen LogP contribution >= 0.6 is 24.8 Å². The Hall–Kier alpha value is -0.660. The smallest absolute Gasteiger partial charge is 0.147 e. The quantitative estimate of drug-likeness (QED) is 0.319. The van der Waals surface area contributed by atoms with E-state index in [0.717, 1.165) is 0 Å². The molecule has 4 rings (SSSR count). The molecule has 0 heterocycles. The van der Waals surface area contributed by atoms with Crippen molar-refractivity contribution in [3.63, 3.8) is 0 Å². The number of rotatable bonds is 5. The summed E-state index contributed by atoms with van der Waals surface area (Å²) in [5, 5.41) is 0. The predicted molar refractivity (Wildman–Crippen MR) is 144 cm³/mol. The fourth-order valence-corrected chi connectivity index (χ4v) is 29.2. The van der Waals surface area contributed by atoms with E-state index < -0.39 is 20.4 Å². The minimum absolute atomic E-state index is 0. The van der Waals surface area contributed by atoms with Gasteiger partial charge in [0.15, 0.2) is 0 Å². The fourth-order valence-electron chi connectivity index (χ4n) is 5.48. The Bertz CT molecular complexity index is 1100. The van der Waals surface area contributed by atoms with Gasteiger partial charge in [-0.2, -0.15) is 0 Å². The summed E-state index contributed by atoms with van der Waals surface area (Å²) < 4.78 is 2.63. The van der Waals surface area contributed by atoms with E-state index in [0.29, 0.717) is 9.54 Å². The molecule has 0 saturated heterocycles. The van der Waals surface area contributed by atoms with Crippen molar-refractivity contribution in [3.05, 3.63) is 97.4 Å². The molecule has 0 amide bonds. The van der Waals surface area contributed by atoms with E-state index in [1.807, 2.05) is 3.28 Å². The standard InChI is InChI=1S/C15H11.C9H13.C4H10Si.2ClH.Zr/c1-2-6-12(7-3-1)15-11-10-13-8-4-5-9-14(13)15;1-6-5-7(2)9(4)8(6)3;1-3-5-4-2;;;/h1-11H;6H,1-4H3;3-4H2,1-2H3;2*1H;. The van der Waals surface area contributed by atoms with Gasteiger partial charge in [0.2, 0.25) is 0 Å². The molecule has 32 heavy (non-hydrogen) atoms. The second-order valence-corrected chi connectivity index (χ2v) is 24.7. The molecule has 2 aromatic carbocycles. The van der Waals surface area contributed by atoms with Crippen LogP contribution in [0.2, 0.25) is 12.1 Å². The number of fused-ring (bicyclic) bond motifs is 1. The van der Waals surface area contributed by atoms with Crippen LogP contribution in [-0.2, 0) is 20.4 Å². The van der Waals surface area contributed by atoms with Crippen LogP contribution in [0.4, 0.5) is 0 Å². The van der Waals surface area contributed by atoms with Crippen molar-refractivity contribution in [1.29, 1.82) is 0 Å². The Labute approximate surface area is 215 Å². The van der Waals surface area contributed by atoms with Crippen molar-refractivity contribution in [1.82, 2.24) is 0 Å². The molecule has 2 aliphatic rings. The first-order chi connectivity index (χ1) is 14.5. The summed E-state index contributed by atoms with van der Waals surface area (Å²) in [6.07, 6.45) is 2.71. The molecule has 2 aromatic rings. The van der Waals surface area contributed by atoms with Crippen molar-refractivity contribution in [2.24, 2.45) is 5.92 Å². The second kappa shape index (κ2) is 11.7. The van der Waals surface area contributed by atoms with Crippen LogP contribution in [0.3, 0.4) is 0 Å². The maximum atomic E-state index is 2.71. The third-order valence-corrected chi connectivity index (χ3v) is 30.3.